The number of ether oxygens (including phenoxy) is 1. The van der Waals surface area contributed by atoms with Crippen LogP contribution in [0.25, 0.3) is 0 Å². The summed E-state index contributed by atoms with van der Waals surface area (Å²) in [4.78, 5) is 28.2. The molecule has 1 aromatic carbocycles. The van der Waals surface area contributed by atoms with E-state index in [-0.39, 0.29) is 17.6 Å². The van der Waals surface area contributed by atoms with Crippen molar-refractivity contribution in [2.24, 2.45) is 0 Å². The molecule has 0 unspecified atom stereocenters. The molecule has 1 heterocycles. The number of amides is 2. The molecule has 1 fully saturated rings. The molecule has 0 saturated carbocycles. The van der Waals surface area contributed by atoms with Gasteiger partial charge in [-0.05, 0) is 30.5 Å². The second-order valence-electron chi connectivity index (χ2n) is 7.38. The summed E-state index contributed by atoms with van der Waals surface area (Å²) in [5.41, 5.74) is 0.933. The average molecular weight is 427 g/mol. The number of piperazine rings is 1. The Hall–Kier alpha value is -2.26. The van der Waals surface area contributed by atoms with Crippen molar-refractivity contribution in [3.63, 3.8) is 0 Å². The fourth-order valence-corrected chi connectivity index (χ4v) is 3.21. The highest BCUT2D eigenvalue weighted by atomic mass is 19.3. The fraction of sp³-hybridized carbons (Fsp3) is 0.619. The summed E-state index contributed by atoms with van der Waals surface area (Å²) in [5, 5.41) is 5.81. The van der Waals surface area contributed by atoms with Crippen molar-refractivity contribution < 1.29 is 23.1 Å². The lowest BCUT2D eigenvalue weighted by Gasteiger charge is -2.33. The zero-order valence-electron chi connectivity index (χ0n) is 17.5. The van der Waals surface area contributed by atoms with Crippen LogP contribution in [-0.2, 0) is 16.0 Å². The van der Waals surface area contributed by atoms with Crippen LogP contribution in [0.4, 0.5) is 8.78 Å². The van der Waals surface area contributed by atoms with E-state index in [1.165, 1.54) is 12.1 Å². The van der Waals surface area contributed by atoms with Gasteiger partial charge in [-0.1, -0.05) is 25.5 Å². The number of alkyl halides is 2. The maximum absolute atomic E-state index is 12.1. The molecular formula is C21H32F2N4O3. The summed E-state index contributed by atoms with van der Waals surface area (Å²) in [7, 11) is 0. The molecule has 0 radical (unpaired) electrons. The summed E-state index contributed by atoms with van der Waals surface area (Å²) in [5.74, 6) is 0.136. The summed E-state index contributed by atoms with van der Waals surface area (Å²) in [6.45, 7) is 4.23. The molecule has 7 nitrogen and oxygen atoms in total. The van der Waals surface area contributed by atoms with Crippen molar-refractivity contribution in [1.82, 2.24) is 20.4 Å². The molecule has 0 atom stereocenters. The van der Waals surface area contributed by atoms with Gasteiger partial charge in [0.15, 0.2) is 0 Å². The van der Waals surface area contributed by atoms with Crippen molar-refractivity contribution >= 4 is 11.8 Å². The highest BCUT2D eigenvalue weighted by Crippen LogP contribution is 2.15. The molecular weight excluding hydrogens is 394 g/mol. The van der Waals surface area contributed by atoms with Crippen molar-refractivity contribution in [1.29, 1.82) is 0 Å². The number of hydrogen-bond donors (Lipinski definition) is 2. The topological polar surface area (TPSA) is 73.9 Å². The van der Waals surface area contributed by atoms with Crippen LogP contribution in [0.5, 0.6) is 5.75 Å². The van der Waals surface area contributed by atoms with Crippen molar-refractivity contribution in [3.8, 4) is 5.75 Å². The Bertz CT molecular complexity index is 650. The maximum atomic E-state index is 12.1. The van der Waals surface area contributed by atoms with E-state index in [0.717, 1.165) is 51.1 Å². The molecule has 1 saturated heterocycles. The first-order valence-electron chi connectivity index (χ1n) is 10.5. The molecule has 1 aliphatic rings. The standard InChI is InChI=1S/C21H32F2N4O3/c1-2-3-9-24-19(28)15-26-11-13-27(14-12-26)16-20(29)25-10-8-17-4-6-18(7-5-17)30-21(22)23/h4-7,21H,2-3,8-16H2,1H3,(H,24,28)(H,25,29). The number of nitrogens with zero attached hydrogens (tertiary/aromatic N) is 2. The second kappa shape index (κ2) is 13.1. The molecule has 2 N–H and O–H groups in total. The number of unbranched alkanes of at least 4 members (excludes halogenated alkanes) is 1. The van der Waals surface area contributed by atoms with Gasteiger partial charge in [-0.25, -0.2) is 0 Å². The van der Waals surface area contributed by atoms with Gasteiger partial charge in [0.25, 0.3) is 0 Å². The van der Waals surface area contributed by atoms with E-state index >= 15 is 0 Å². The van der Waals surface area contributed by atoms with Gasteiger partial charge in [-0.2, -0.15) is 8.78 Å². The molecule has 2 amide bonds. The fourth-order valence-electron chi connectivity index (χ4n) is 3.21. The van der Waals surface area contributed by atoms with Gasteiger partial charge in [0.2, 0.25) is 11.8 Å². The van der Waals surface area contributed by atoms with Gasteiger partial charge < -0.3 is 15.4 Å². The maximum Gasteiger partial charge on any atom is 0.387 e. The molecule has 9 heteroatoms. The first-order chi connectivity index (χ1) is 14.5. The number of carbonyl (C=O) groups is 2. The van der Waals surface area contributed by atoms with Crippen LogP contribution >= 0.6 is 0 Å². The van der Waals surface area contributed by atoms with Gasteiger partial charge >= 0.3 is 6.61 Å². The lowest BCUT2D eigenvalue weighted by molar-refractivity contribution is -0.125. The molecule has 0 spiro atoms. The predicted molar refractivity (Wildman–Crippen MR) is 111 cm³/mol. The van der Waals surface area contributed by atoms with Gasteiger partial charge in [0.05, 0.1) is 13.1 Å². The molecule has 0 bridgehead atoms. The number of rotatable bonds is 12. The monoisotopic (exact) mass is 426 g/mol. The second-order valence-corrected chi connectivity index (χ2v) is 7.38. The minimum atomic E-state index is -2.83. The molecule has 0 aromatic heterocycles. The largest absolute Gasteiger partial charge is 0.435 e. The Morgan fingerprint density at radius 1 is 0.967 bits per heavy atom. The first-order valence-corrected chi connectivity index (χ1v) is 10.5. The van der Waals surface area contributed by atoms with Crippen molar-refractivity contribution in [2.45, 2.75) is 32.8 Å². The highest BCUT2D eigenvalue weighted by molar-refractivity contribution is 5.78. The highest BCUT2D eigenvalue weighted by Gasteiger charge is 2.20. The number of nitrogens with one attached hydrogen (secondary N) is 2. The average Bonchev–Trinajstić information content (AvgIpc) is 2.70. The van der Waals surface area contributed by atoms with Crippen molar-refractivity contribution in [2.75, 3.05) is 52.4 Å². The van der Waals surface area contributed by atoms with E-state index in [0.29, 0.717) is 26.1 Å². The van der Waals surface area contributed by atoms with Crippen LogP contribution in [-0.4, -0.2) is 80.6 Å². The minimum absolute atomic E-state index is 0.0431. The zero-order valence-corrected chi connectivity index (χ0v) is 17.5. The summed E-state index contributed by atoms with van der Waals surface area (Å²) in [6.07, 6.45) is 2.66. The number of carbonyl (C=O) groups excluding carboxylic acids is 2. The van der Waals surface area contributed by atoms with E-state index < -0.39 is 6.61 Å². The third-order valence-electron chi connectivity index (χ3n) is 4.94. The van der Waals surface area contributed by atoms with Crippen LogP contribution in [0.15, 0.2) is 24.3 Å². The summed E-state index contributed by atoms with van der Waals surface area (Å²) >= 11 is 0. The van der Waals surface area contributed by atoms with E-state index in [9.17, 15) is 18.4 Å². The number of benzene rings is 1. The summed E-state index contributed by atoms with van der Waals surface area (Å²) in [6, 6.07) is 6.41. The number of hydrogen-bond acceptors (Lipinski definition) is 5. The van der Waals surface area contributed by atoms with Gasteiger partial charge in [-0.15, -0.1) is 0 Å². The number of halogens is 2. The SMILES string of the molecule is CCCCNC(=O)CN1CCN(CC(=O)NCCc2ccc(OC(F)F)cc2)CC1. The molecule has 1 aromatic rings. The van der Waals surface area contributed by atoms with Crippen LogP contribution in [0.2, 0.25) is 0 Å². The Morgan fingerprint density at radius 2 is 1.50 bits per heavy atom. The molecule has 30 heavy (non-hydrogen) atoms. The minimum Gasteiger partial charge on any atom is -0.435 e. The van der Waals surface area contributed by atoms with Gasteiger partial charge in [-0.3, -0.25) is 19.4 Å². The third-order valence-corrected chi connectivity index (χ3v) is 4.94. The Balaban J connectivity index is 1.58. The Morgan fingerprint density at radius 3 is 2.00 bits per heavy atom. The quantitative estimate of drug-likeness (QED) is 0.496. The van der Waals surface area contributed by atoms with E-state index in [1.54, 1.807) is 12.1 Å². The molecule has 2 rings (SSSR count). The van der Waals surface area contributed by atoms with Gasteiger partial charge in [0, 0.05) is 39.3 Å². The zero-order chi connectivity index (χ0) is 21.8. The van der Waals surface area contributed by atoms with E-state index in [4.69, 9.17) is 0 Å². The van der Waals surface area contributed by atoms with Gasteiger partial charge in [0.1, 0.15) is 5.75 Å². The van der Waals surface area contributed by atoms with Crippen LogP contribution in [0.1, 0.15) is 25.3 Å². The molecule has 168 valence electrons. The molecule has 1 aliphatic heterocycles. The van der Waals surface area contributed by atoms with Crippen molar-refractivity contribution in [3.05, 3.63) is 29.8 Å². The van der Waals surface area contributed by atoms with Crippen LogP contribution < -0.4 is 15.4 Å². The smallest absolute Gasteiger partial charge is 0.387 e. The lowest BCUT2D eigenvalue weighted by Crippen LogP contribution is -2.51. The Labute approximate surface area is 176 Å². The third kappa shape index (κ3) is 9.49. The van der Waals surface area contributed by atoms with Crippen LogP contribution in [0.3, 0.4) is 0 Å². The molecule has 0 aliphatic carbocycles. The predicted octanol–water partition coefficient (Wildman–Crippen LogP) is 1.48. The summed E-state index contributed by atoms with van der Waals surface area (Å²) < 4.78 is 28.6. The normalized spacial score (nSPS) is 15.2. The van der Waals surface area contributed by atoms with E-state index in [1.807, 2.05) is 0 Å². The van der Waals surface area contributed by atoms with Crippen LogP contribution in [0, 0.1) is 0 Å². The first kappa shape index (κ1) is 24.0. The lowest BCUT2D eigenvalue weighted by atomic mass is 10.1. The van der Waals surface area contributed by atoms with E-state index in [2.05, 4.69) is 32.1 Å². The Kier molecular flexibility index (Phi) is 10.5.